The Balaban J connectivity index is 1.29. The van der Waals surface area contributed by atoms with Gasteiger partial charge in [-0.1, -0.05) is 25.0 Å². The summed E-state index contributed by atoms with van der Waals surface area (Å²) in [5, 5.41) is 3.00. The summed E-state index contributed by atoms with van der Waals surface area (Å²) in [7, 11) is 0. The largest absolute Gasteiger partial charge is 0.372 e. The SMILES string of the molecule is O=C(CN1CCOC(c2cccc(F)c2)C1)Nc1ccc(N2CCCCCC2)cc1. The van der Waals surface area contributed by atoms with Crippen LogP contribution in [-0.4, -0.2) is 50.1 Å². The highest BCUT2D eigenvalue weighted by Crippen LogP contribution is 2.24. The van der Waals surface area contributed by atoms with Crippen LogP contribution in [0.3, 0.4) is 0 Å². The topological polar surface area (TPSA) is 44.8 Å². The van der Waals surface area contributed by atoms with E-state index in [1.165, 1.54) is 43.5 Å². The average Bonchev–Trinajstić information content (AvgIpc) is 3.04. The van der Waals surface area contributed by atoms with E-state index in [-0.39, 0.29) is 17.8 Å². The van der Waals surface area contributed by atoms with Crippen molar-refractivity contribution in [1.82, 2.24) is 4.90 Å². The van der Waals surface area contributed by atoms with Crippen LogP contribution in [-0.2, 0) is 9.53 Å². The molecule has 1 N–H and O–H groups in total. The van der Waals surface area contributed by atoms with E-state index < -0.39 is 0 Å². The maximum Gasteiger partial charge on any atom is 0.238 e. The quantitative estimate of drug-likeness (QED) is 0.800. The predicted octanol–water partition coefficient (Wildman–Crippen LogP) is 4.22. The van der Waals surface area contributed by atoms with Crippen LogP contribution >= 0.6 is 0 Å². The molecule has 2 aliphatic heterocycles. The number of anilines is 2. The maximum absolute atomic E-state index is 13.5. The summed E-state index contributed by atoms with van der Waals surface area (Å²) in [5.74, 6) is -0.313. The predicted molar refractivity (Wildman–Crippen MR) is 117 cm³/mol. The first kappa shape index (κ1) is 20.8. The van der Waals surface area contributed by atoms with E-state index in [0.717, 1.165) is 24.3 Å². The third-order valence-corrected chi connectivity index (χ3v) is 5.86. The van der Waals surface area contributed by atoms with E-state index in [2.05, 4.69) is 27.2 Å². The molecule has 2 heterocycles. The van der Waals surface area contributed by atoms with Crippen molar-refractivity contribution < 1.29 is 13.9 Å². The minimum Gasteiger partial charge on any atom is -0.372 e. The van der Waals surface area contributed by atoms with Gasteiger partial charge in [0.25, 0.3) is 0 Å². The molecule has 2 fully saturated rings. The fourth-order valence-corrected chi connectivity index (χ4v) is 4.24. The van der Waals surface area contributed by atoms with Crippen molar-refractivity contribution in [3.05, 3.63) is 59.9 Å². The molecule has 2 aromatic carbocycles. The highest BCUT2D eigenvalue weighted by Gasteiger charge is 2.23. The molecule has 4 rings (SSSR count). The smallest absolute Gasteiger partial charge is 0.238 e. The molecule has 2 saturated heterocycles. The molecule has 160 valence electrons. The van der Waals surface area contributed by atoms with Gasteiger partial charge in [-0.25, -0.2) is 4.39 Å². The number of hydrogen-bond donors (Lipinski definition) is 1. The van der Waals surface area contributed by atoms with Gasteiger partial charge in [0.2, 0.25) is 5.91 Å². The second kappa shape index (κ2) is 10.0. The van der Waals surface area contributed by atoms with Crippen molar-refractivity contribution in [3.8, 4) is 0 Å². The summed E-state index contributed by atoms with van der Waals surface area (Å²) < 4.78 is 19.3. The minimum atomic E-state index is -0.269. The maximum atomic E-state index is 13.5. The number of benzene rings is 2. The first-order valence-corrected chi connectivity index (χ1v) is 10.9. The Hall–Kier alpha value is -2.44. The second-order valence-electron chi connectivity index (χ2n) is 8.15. The summed E-state index contributed by atoms with van der Waals surface area (Å²) in [6.45, 7) is 4.30. The summed E-state index contributed by atoms with van der Waals surface area (Å²) >= 11 is 0. The van der Waals surface area contributed by atoms with Crippen LogP contribution < -0.4 is 10.2 Å². The van der Waals surface area contributed by atoms with E-state index in [9.17, 15) is 9.18 Å². The van der Waals surface area contributed by atoms with E-state index >= 15 is 0 Å². The molecule has 0 aliphatic carbocycles. The van der Waals surface area contributed by atoms with Gasteiger partial charge in [-0.05, 0) is 54.8 Å². The number of carbonyl (C=O) groups is 1. The molecular formula is C24H30FN3O2. The van der Waals surface area contributed by atoms with Gasteiger partial charge < -0.3 is 15.0 Å². The van der Waals surface area contributed by atoms with Gasteiger partial charge in [-0.2, -0.15) is 0 Å². The van der Waals surface area contributed by atoms with Crippen LogP contribution in [0.15, 0.2) is 48.5 Å². The number of nitrogens with one attached hydrogen (secondary N) is 1. The Bertz CT molecular complexity index is 835. The monoisotopic (exact) mass is 411 g/mol. The third-order valence-electron chi connectivity index (χ3n) is 5.86. The first-order valence-electron chi connectivity index (χ1n) is 10.9. The van der Waals surface area contributed by atoms with Crippen LogP contribution in [0.2, 0.25) is 0 Å². The average molecular weight is 412 g/mol. The number of halogens is 1. The third kappa shape index (κ3) is 5.58. The highest BCUT2D eigenvalue weighted by molar-refractivity contribution is 5.92. The van der Waals surface area contributed by atoms with Crippen LogP contribution in [0.1, 0.15) is 37.4 Å². The van der Waals surface area contributed by atoms with Crippen molar-refractivity contribution in [3.63, 3.8) is 0 Å². The molecule has 2 aromatic rings. The fraction of sp³-hybridized carbons (Fsp3) is 0.458. The number of rotatable bonds is 5. The van der Waals surface area contributed by atoms with Crippen LogP contribution in [0, 0.1) is 5.82 Å². The zero-order valence-electron chi connectivity index (χ0n) is 17.4. The van der Waals surface area contributed by atoms with E-state index in [4.69, 9.17) is 4.74 Å². The molecule has 1 atom stereocenters. The molecule has 0 bridgehead atoms. The van der Waals surface area contributed by atoms with Gasteiger partial charge in [0.1, 0.15) is 5.82 Å². The van der Waals surface area contributed by atoms with Gasteiger partial charge in [0.15, 0.2) is 0 Å². The summed E-state index contributed by atoms with van der Waals surface area (Å²) in [6.07, 6.45) is 4.90. The van der Waals surface area contributed by atoms with Crippen molar-refractivity contribution in [2.45, 2.75) is 31.8 Å². The molecular weight excluding hydrogens is 381 g/mol. The zero-order valence-corrected chi connectivity index (χ0v) is 17.4. The van der Waals surface area contributed by atoms with E-state index in [1.54, 1.807) is 6.07 Å². The summed E-state index contributed by atoms with van der Waals surface area (Å²) in [4.78, 5) is 17.0. The molecule has 0 saturated carbocycles. The number of amides is 1. The Morgan fingerprint density at radius 1 is 1.03 bits per heavy atom. The second-order valence-corrected chi connectivity index (χ2v) is 8.15. The normalized spacial score (nSPS) is 20.6. The fourth-order valence-electron chi connectivity index (χ4n) is 4.24. The van der Waals surface area contributed by atoms with Crippen molar-refractivity contribution in [2.75, 3.05) is 49.5 Å². The lowest BCUT2D eigenvalue weighted by Gasteiger charge is -2.32. The van der Waals surface area contributed by atoms with Crippen LogP contribution in [0.25, 0.3) is 0 Å². The van der Waals surface area contributed by atoms with Crippen molar-refractivity contribution >= 4 is 17.3 Å². The van der Waals surface area contributed by atoms with Crippen LogP contribution in [0.4, 0.5) is 15.8 Å². The molecule has 0 aromatic heterocycles. The highest BCUT2D eigenvalue weighted by atomic mass is 19.1. The number of hydrogen-bond acceptors (Lipinski definition) is 4. The summed E-state index contributed by atoms with van der Waals surface area (Å²) in [6, 6.07) is 14.6. The van der Waals surface area contributed by atoms with Gasteiger partial charge in [-0.15, -0.1) is 0 Å². The molecule has 0 radical (unpaired) electrons. The van der Waals surface area contributed by atoms with Crippen molar-refractivity contribution in [2.24, 2.45) is 0 Å². The van der Waals surface area contributed by atoms with Gasteiger partial charge >= 0.3 is 0 Å². The number of carbonyl (C=O) groups excluding carboxylic acids is 1. The van der Waals surface area contributed by atoms with Crippen molar-refractivity contribution in [1.29, 1.82) is 0 Å². The standard InChI is InChI=1S/C24H30FN3O2/c25-20-7-5-6-19(16-20)23-17-27(14-15-30-23)18-24(29)26-21-8-10-22(11-9-21)28-12-3-1-2-4-13-28/h5-11,16,23H,1-4,12-15,17-18H2,(H,26,29). The van der Waals surface area contributed by atoms with Gasteiger partial charge in [0.05, 0.1) is 19.3 Å². The summed E-state index contributed by atoms with van der Waals surface area (Å²) in [5.41, 5.74) is 2.85. The molecule has 1 unspecified atom stereocenters. The number of ether oxygens (including phenoxy) is 1. The lowest BCUT2D eigenvalue weighted by atomic mass is 10.1. The number of nitrogens with zero attached hydrogens (tertiary/aromatic N) is 2. The lowest BCUT2D eigenvalue weighted by molar-refractivity contribution is -0.119. The Morgan fingerprint density at radius 2 is 1.80 bits per heavy atom. The molecule has 1 amide bonds. The van der Waals surface area contributed by atoms with E-state index in [0.29, 0.717) is 26.2 Å². The van der Waals surface area contributed by atoms with Gasteiger partial charge in [0, 0.05) is 37.6 Å². The lowest BCUT2D eigenvalue weighted by Crippen LogP contribution is -2.42. The molecule has 5 nitrogen and oxygen atoms in total. The molecule has 0 spiro atoms. The molecule has 30 heavy (non-hydrogen) atoms. The minimum absolute atomic E-state index is 0.0441. The zero-order chi connectivity index (χ0) is 20.8. The molecule has 2 aliphatic rings. The Labute approximate surface area is 177 Å². The number of morpholine rings is 1. The Kier molecular flexibility index (Phi) is 6.97. The first-order chi connectivity index (χ1) is 14.7. The molecule has 6 heteroatoms. The van der Waals surface area contributed by atoms with Crippen LogP contribution in [0.5, 0.6) is 0 Å². The van der Waals surface area contributed by atoms with Gasteiger partial charge in [-0.3, -0.25) is 9.69 Å². The Morgan fingerprint density at radius 3 is 2.53 bits per heavy atom. The van der Waals surface area contributed by atoms with E-state index in [1.807, 2.05) is 18.2 Å².